The Morgan fingerprint density at radius 1 is 1.40 bits per heavy atom. The van der Waals surface area contributed by atoms with E-state index in [-0.39, 0.29) is 5.69 Å². The number of nitrogens with zero attached hydrogens (tertiary/aromatic N) is 2. The van der Waals surface area contributed by atoms with Gasteiger partial charge in [0.25, 0.3) is 0 Å². The van der Waals surface area contributed by atoms with Crippen molar-refractivity contribution >= 4 is 5.97 Å². The lowest BCUT2D eigenvalue weighted by molar-refractivity contribution is 0.0683. The zero-order valence-corrected chi connectivity index (χ0v) is 11.7. The second kappa shape index (κ2) is 4.37. The van der Waals surface area contributed by atoms with E-state index in [2.05, 4.69) is 11.2 Å². The van der Waals surface area contributed by atoms with Crippen molar-refractivity contribution in [3.8, 4) is 17.0 Å². The molecule has 1 aliphatic rings. The Hall–Kier alpha value is -2.30. The van der Waals surface area contributed by atoms with E-state index in [1.54, 1.807) is 7.05 Å². The largest absolute Gasteiger partial charge is 0.493 e. The predicted molar refractivity (Wildman–Crippen MR) is 74.3 cm³/mol. The molecule has 20 heavy (non-hydrogen) atoms. The average Bonchev–Trinajstić information content (AvgIpc) is 2.55. The molecule has 0 spiro atoms. The van der Waals surface area contributed by atoms with Gasteiger partial charge in [0.15, 0.2) is 0 Å². The molecule has 0 radical (unpaired) electrons. The lowest BCUT2D eigenvalue weighted by atomic mass is 9.98. The molecule has 5 heteroatoms. The molecule has 0 unspecified atom stereocenters. The van der Waals surface area contributed by atoms with Crippen molar-refractivity contribution in [2.75, 3.05) is 6.61 Å². The first kappa shape index (κ1) is 12.7. The first-order valence-electron chi connectivity index (χ1n) is 6.52. The van der Waals surface area contributed by atoms with Gasteiger partial charge in [-0.1, -0.05) is 6.07 Å². The highest BCUT2D eigenvalue weighted by atomic mass is 16.5. The molecule has 1 N–H and O–H groups in total. The number of aromatic nitrogens is 2. The molecule has 5 nitrogen and oxygen atoms in total. The molecule has 2 aromatic rings. The minimum Gasteiger partial charge on any atom is -0.493 e. The van der Waals surface area contributed by atoms with Gasteiger partial charge in [0.1, 0.15) is 17.1 Å². The van der Waals surface area contributed by atoms with Crippen LogP contribution in [0.15, 0.2) is 12.1 Å². The third kappa shape index (κ3) is 1.78. The summed E-state index contributed by atoms with van der Waals surface area (Å²) in [5, 5.41) is 13.8. The summed E-state index contributed by atoms with van der Waals surface area (Å²) >= 11 is 0. The Morgan fingerprint density at radius 2 is 2.15 bits per heavy atom. The van der Waals surface area contributed by atoms with Crippen LogP contribution in [0, 0.1) is 13.8 Å². The number of hydrogen-bond acceptors (Lipinski definition) is 3. The van der Waals surface area contributed by atoms with Crippen molar-refractivity contribution in [2.24, 2.45) is 7.05 Å². The maximum absolute atomic E-state index is 11.4. The molecule has 0 aliphatic carbocycles. The lowest BCUT2D eigenvalue weighted by Crippen LogP contribution is -2.10. The van der Waals surface area contributed by atoms with E-state index in [1.165, 1.54) is 4.68 Å². The molecular weight excluding hydrogens is 256 g/mol. The van der Waals surface area contributed by atoms with Crippen LogP contribution in [0.4, 0.5) is 0 Å². The number of ether oxygens (including phenoxy) is 1. The maximum Gasteiger partial charge on any atom is 0.354 e. The van der Waals surface area contributed by atoms with Gasteiger partial charge in [0.05, 0.1) is 6.61 Å². The molecule has 104 valence electrons. The van der Waals surface area contributed by atoms with Gasteiger partial charge in [0, 0.05) is 24.6 Å². The number of benzene rings is 1. The first-order chi connectivity index (χ1) is 9.49. The van der Waals surface area contributed by atoms with Gasteiger partial charge < -0.3 is 9.84 Å². The molecule has 0 bridgehead atoms. The van der Waals surface area contributed by atoms with Crippen LogP contribution >= 0.6 is 0 Å². The van der Waals surface area contributed by atoms with Gasteiger partial charge in [-0.15, -0.1) is 0 Å². The molecule has 1 aliphatic heterocycles. The zero-order valence-electron chi connectivity index (χ0n) is 11.7. The Morgan fingerprint density at radius 3 is 2.85 bits per heavy atom. The van der Waals surface area contributed by atoms with Crippen molar-refractivity contribution < 1.29 is 14.6 Å². The molecule has 0 saturated carbocycles. The quantitative estimate of drug-likeness (QED) is 0.865. The number of aryl methyl sites for hydroxylation is 3. The normalized spacial score (nSPS) is 13.2. The summed E-state index contributed by atoms with van der Waals surface area (Å²) in [5.74, 6) is -0.161. The van der Waals surface area contributed by atoms with E-state index >= 15 is 0 Å². The van der Waals surface area contributed by atoms with Crippen LogP contribution < -0.4 is 4.74 Å². The summed E-state index contributed by atoms with van der Waals surface area (Å²) in [6, 6.07) is 4.04. The second-order valence-electron chi connectivity index (χ2n) is 5.16. The molecule has 0 saturated heterocycles. The third-order valence-electron chi connectivity index (χ3n) is 3.64. The summed E-state index contributed by atoms with van der Waals surface area (Å²) in [6.45, 7) is 4.48. The van der Waals surface area contributed by atoms with Gasteiger partial charge >= 0.3 is 5.97 Å². The lowest BCUT2D eigenvalue weighted by Gasteiger charge is -2.11. The first-order valence-corrected chi connectivity index (χ1v) is 6.52. The SMILES string of the molecule is Cc1cc(C)c2c(c1)OCCc1c-2nn(C)c1C(=O)O. The number of fused-ring (bicyclic) bond motifs is 3. The topological polar surface area (TPSA) is 64.4 Å². The van der Waals surface area contributed by atoms with Crippen LogP contribution in [0.3, 0.4) is 0 Å². The highest BCUT2D eigenvalue weighted by Gasteiger charge is 2.27. The number of hydrogen-bond donors (Lipinski definition) is 1. The molecule has 1 aromatic heterocycles. The molecular formula is C15H16N2O3. The van der Waals surface area contributed by atoms with E-state index < -0.39 is 5.97 Å². The Kier molecular flexibility index (Phi) is 2.78. The third-order valence-corrected chi connectivity index (χ3v) is 3.64. The van der Waals surface area contributed by atoms with E-state index in [0.29, 0.717) is 13.0 Å². The molecule has 0 amide bonds. The van der Waals surface area contributed by atoms with Crippen molar-refractivity contribution in [1.82, 2.24) is 9.78 Å². The van der Waals surface area contributed by atoms with Crippen molar-refractivity contribution in [3.05, 3.63) is 34.5 Å². The predicted octanol–water partition coefficient (Wildman–Crippen LogP) is 2.34. The smallest absolute Gasteiger partial charge is 0.354 e. The maximum atomic E-state index is 11.4. The van der Waals surface area contributed by atoms with E-state index in [1.807, 2.05) is 19.9 Å². The van der Waals surface area contributed by atoms with Crippen LogP contribution in [0.25, 0.3) is 11.3 Å². The number of carboxylic acids is 1. The zero-order chi connectivity index (χ0) is 14.4. The van der Waals surface area contributed by atoms with Crippen molar-refractivity contribution in [1.29, 1.82) is 0 Å². The number of carboxylic acid groups (broad SMARTS) is 1. The van der Waals surface area contributed by atoms with Gasteiger partial charge in [0.2, 0.25) is 0 Å². The summed E-state index contributed by atoms with van der Waals surface area (Å²) in [7, 11) is 1.67. The fourth-order valence-electron chi connectivity index (χ4n) is 2.88. The monoisotopic (exact) mass is 272 g/mol. The van der Waals surface area contributed by atoms with Crippen molar-refractivity contribution in [3.63, 3.8) is 0 Å². The van der Waals surface area contributed by atoms with Gasteiger partial charge in [-0.2, -0.15) is 5.10 Å². The van der Waals surface area contributed by atoms with E-state index in [4.69, 9.17) is 4.74 Å². The molecule has 0 atom stereocenters. The minimum absolute atomic E-state index is 0.247. The Labute approximate surface area is 116 Å². The van der Waals surface area contributed by atoms with Crippen LogP contribution in [0.5, 0.6) is 5.75 Å². The van der Waals surface area contributed by atoms with E-state index in [9.17, 15) is 9.90 Å². The number of carbonyl (C=O) groups is 1. The van der Waals surface area contributed by atoms with Crippen LogP contribution in [-0.4, -0.2) is 27.5 Å². The fourth-order valence-corrected chi connectivity index (χ4v) is 2.88. The van der Waals surface area contributed by atoms with Crippen LogP contribution in [-0.2, 0) is 13.5 Å². The summed E-state index contributed by atoms with van der Waals surface area (Å²) in [5.41, 5.74) is 4.82. The highest BCUT2D eigenvalue weighted by molar-refractivity contribution is 5.91. The minimum atomic E-state index is -0.950. The Bertz CT molecular complexity index is 716. The second-order valence-corrected chi connectivity index (χ2v) is 5.16. The fraction of sp³-hybridized carbons (Fsp3) is 0.333. The van der Waals surface area contributed by atoms with Gasteiger partial charge in [-0.3, -0.25) is 4.68 Å². The molecule has 0 fully saturated rings. The summed E-state index contributed by atoms with van der Waals surface area (Å²) in [6.07, 6.45) is 0.554. The Balaban J connectivity index is 2.33. The van der Waals surface area contributed by atoms with Crippen LogP contribution in [0.1, 0.15) is 27.2 Å². The van der Waals surface area contributed by atoms with Gasteiger partial charge in [-0.25, -0.2) is 4.79 Å². The summed E-state index contributed by atoms with van der Waals surface area (Å²) in [4.78, 5) is 11.4. The van der Waals surface area contributed by atoms with E-state index in [0.717, 1.165) is 33.7 Å². The number of aromatic carboxylic acids is 1. The average molecular weight is 272 g/mol. The molecule has 2 heterocycles. The number of rotatable bonds is 1. The van der Waals surface area contributed by atoms with Gasteiger partial charge in [-0.05, 0) is 31.0 Å². The molecule has 1 aromatic carbocycles. The molecule has 3 rings (SSSR count). The summed E-state index contributed by atoms with van der Waals surface area (Å²) < 4.78 is 7.23. The standard InChI is InChI=1S/C15H16N2O3/c1-8-6-9(2)12-11(7-8)20-5-4-10-13(12)16-17(3)14(10)15(18)19/h6-7H,4-5H2,1-3H3,(H,18,19). The van der Waals surface area contributed by atoms with Crippen LogP contribution in [0.2, 0.25) is 0 Å². The van der Waals surface area contributed by atoms with Crippen molar-refractivity contribution in [2.45, 2.75) is 20.3 Å². The highest BCUT2D eigenvalue weighted by Crippen LogP contribution is 2.38.